The first-order valence-corrected chi connectivity index (χ1v) is 25.6. The van der Waals surface area contributed by atoms with E-state index in [1.165, 1.54) is 59.5 Å². The Bertz CT molecular complexity index is 2400. The smallest absolute Gasteiger partial charge is 0.294 e. The number of hydrogen-bond acceptors (Lipinski definition) is 9. The molecule has 12 nitrogen and oxygen atoms in total. The Balaban J connectivity index is 0.000000186. The molecule has 8 atom stereocenters. The van der Waals surface area contributed by atoms with Crippen LogP contribution in [0, 0.1) is 44.9 Å². The lowest BCUT2D eigenvalue weighted by Gasteiger charge is -2.48. The van der Waals surface area contributed by atoms with Gasteiger partial charge in [0.25, 0.3) is 30.4 Å². The molecule has 0 amide bonds. The molecule has 0 radical (unpaired) electrons. The summed E-state index contributed by atoms with van der Waals surface area (Å²) in [4.78, 5) is -0.200. The van der Waals surface area contributed by atoms with Crippen LogP contribution in [0.2, 0.25) is 0 Å². The van der Waals surface area contributed by atoms with Crippen LogP contribution in [0.5, 0.6) is 0 Å². The third-order valence-corrected chi connectivity index (χ3v) is 16.0. The van der Waals surface area contributed by atoms with Crippen LogP contribution in [0.15, 0.2) is 111 Å². The van der Waals surface area contributed by atoms with Crippen molar-refractivity contribution in [3.05, 3.63) is 136 Å². The molecule has 2 fully saturated rings. The number of fused-ring (bicyclic) bond motifs is 5. The number of nitrogens with one attached hydrogen (secondary N) is 1. The summed E-state index contributed by atoms with van der Waals surface area (Å²) in [5.74, 6) is 2.16. The number of aliphatic hydroxyl groups is 2. The van der Waals surface area contributed by atoms with Crippen molar-refractivity contribution in [3.63, 3.8) is 0 Å². The van der Waals surface area contributed by atoms with Crippen LogP contribution in [0.4, 0.5) is 0 Å². The molecule has 0 spiro atoms. The third kappa shape index (κ3) is 12.5. The number of aliphatic hydroxyl groups excluding tert-OH is 2. The van der Waals surface area contributed by atoms with Crippen molar-refractivity contribution < 1.29 is 49.1 Å². The van der Waals surface area contributed by atoms with E-state index in [0.717, 1.165) is 55.3 Å². The Labute approximate surface area is 374 Å². The van der Waals surface area contributed by atoms with Crippen LogP contribution < -0.4 is 5.32 Å². The summed E-state index contributed by atoms with van der Waals surface area (Å²) < 4.78 is 88.7. The first-order chi connectivity index (χ1) is 29.3. The van der Waals surface area contributed by atoms with Crippen molar-refractivity contribution in [3.8, 4) is 0 Å². The predicted octanol–water partition coefficient (Wildman–Crippen LogP) is 8.32. The van der Waals surface area contributed by atoms with Crippen molar-refractivity contribution in [2.24, 2.45) is 17.3 Å². The van der Waals surface area contributed by atoms with E-state index >= 15 is 0 Å². The molecule has 8 rings (SSSR count). The molecule has 3 aliphatic carbocycles. The molecule has 63 heavy (non-hydrogen) atoms. The van der Waals surface area contributed by atoms with Crippen LogP contribution in [-0.2, 0) is 36.8 Å². The highest BCUT2D eigenvalue weighted by atomic mass is 32.2. The second kappa shape index (κ2) is 20.2. The number of rotatable bonds is 5. The Morgan fingerprint density at radius 1 is 0.683 bits per heavy atom. The first-order valence-electron chi connectivity index (χ1n) is 21.3. The largest absolute Gasteiger partial charge is 0.393 e. The van der Waals surface area contributed by atoms with E-state index in [1.807, 2.05) is 20.8 Å². The quantitative estimate of drug-likeness (QED) is 0.0823. The average molecular weight is 926 g/mol. The van der Waals surface area contributed by atoms with Crippen molar-refractivity contribution in [1.29, 1.82) is 0 Å². The molecule has 15 heteroatoms. The summed E-state index contributed by atoms with van der Waals surface area (Å²) in [6.07, 6.45) is 8.20. The lowest BCUT2D eigenvalue weighted by Crippen LogP contribution is -2.50. The molecule has 4 aromatic carbocycles. The van der Waals surface area contributed by atoms with Gasteiger partial charge >= 0.3 is 0 Å². The lowest BCUT2D eigenvalue weighted by molar-refractivity contribution is 0.0656. The average Bonchev–Trinajstić information content (AvgIpc) is 3.59. The van der Waals surface area contributed by atoms with Crippen LogP contribution >= 0.6 is 0 Å². The van der Waals surface area contributed by atoms with Crippen LogP contribution in [-0.4, -0.2) is 73.9 Å². The summed E-state index contributed by atoms with van der Waals surface area (Å²) in [6.45, 7) is 15.8. The summed E-state index contributed by atoms with van der Waals surface area (Å²) in [5.41, 5.74) is 10.7. The number of piperidine rings is 1. The minimum atomic E-state index is -4.02. The van der Waals surface area contributed by atoms with E-state index in [-0.39, 0.29) is 38.4 Å². The molecule has 0 unspecified atom stereocenters. The maximum absolute atomic E-state index is 10.7. The fourth-order valence-corrected chi connectivity index (χ4v) is 11.1. The van der Waals surface area contributed by atoms with E-state index in [2.05, 4.69) is 51.2 Å². The molecule has 0 aromatic heterocycles. The molecule has 1 heterocycles. The Kier molecular flexibility index (Phi) is 16.1. The molecule has 4 aromatic rings. The topological polar surface area (TPSA) is 216 Å². The monoisotopic (exact) mass is 925 g/mol. The highest BCUT2D eigenvalue weighted by molar-refractivity contribution is 7.86. The maximum atomic E-state index is 10.7. The van der Waals surface area contributed by atoms with Gasteiger partial charge in [-0.15, -0.1) is 0 Å². The van der Waals surface area contributed by atoms with Crippen LogP contribution in [0.3, 0.4) is 0 Å². The van der Waals surface area contributed by atoms with Crippen molar-refractivity contribution in [2.45, 2.75) is 132 Å². The molecule has 1 aliphatic heterocycles. The van der Waals surface area contributed by atoms with Gasteiger partial charge < -0.3 is 15.5 Å². The Hall–Kier alpha value is -3.77. The zero-order chi connectivity index (χ0) is 46.7. The van der Waals surface area contributed by atoms with Gasteiger partial charge in [0.1, 0.15) is 0 Å². The summed E-state index contributed by atoms with van der Waals surface area (Å²) in [5, 5.41) is 24.6. The minimum Gasteiger partial charge on any atom is -0.393 e. The molecular formula is C48H63NO11S3. The normalized spacial score (nSPS) is 25.7. The van der Waals surface area contributed by atoms with Gasteiger partial charge in [-0.05, 0) is 161 Å². The van der Waals surface area contributed by atoms with Gasteiger partial charge in [0.15, 0.2) is 0 Å². The van der Waals surface area contributed by atoms with Gasteiger partial charge in [-0.2, -0.15) is 25.3 Å². The second-order valence-electron chi connectivity index (χ2n) is 18.0. The summed E-state index contributed by atoms with van der Waals surface area (Å²) in [6, 6.07) is 22.9. The summed E-state index contributed by atoms with van der Waals surface area (Å²) in [7, 11) is -12.1. The van der Waals surface area contributed by atoms with Gasteiger partial charge in [-0.25, -0.2) is 0 Å². The van der Waals surface area contributed by atoms with Crippen molar-refractivity contribution >= 4 is 30.4 Å². The molecule has 0 bridgehead atoms. The van der Waals surface area contributed by atoms with Gasteiger partial charge in [-0.3, -0.25) is 13.7 Å². The number of benzene rings is 4. The molecule has 1 saturated carbocycles. The van der Waals surface area contributed by atoms with Crippen LogP contribution in [0.1, 0.15) is 104 Å². The predicted molar refractivity (Wildman–Crippen MR) is 245 cm³/mol. The van der Waals surface area contributed by atoms with Crippen molar-refractivity contribution in [1.82, 2.24) is 5.32 Å². The van der Waals surface area contributed by atoms with E-state index in [1.54, 1.807) is 47.5 Å². The van der Waals surface area contributed by atoms with E-state index in [0.29, 0.717) is 23.7 Å². The Morgan fingerprint density at radius 2 is 1.14 bits per heavy atom. The van der Waals surface area contributed by atoms with Gasteiger partial charge in [0, 0.05) is 6.04 Å². The number of aryl methyl sites for hydroxylation is 3. The van der Waals surface area contributed by atoms with Gasteiger partial charge in [0.05, 0.1) is 26.9 Å². The lowest BCUT2D eigenvalue weighted by atomic mass is 9.57. The SMILES string of the molecule is Cc1c([C@H](C)[C@@H]2NC[C@@H](C)C[C@H]2O)ccc2c1C[C@H]1[C@H]2CC=C2C[C@@H](O)CC[C@@]21C.Cc1ccc(S(=O)(=O)O)cc1.Cc1ccc(S(=O)(=O)O)cc1.Cc1ccc(S(=O)(=O)O)cc1. The second-order valence-corrected chi connectivity index (χ2v) is 22.3. The molecule has 6 N–H and O–H groups in total. The molecule has 344 valence electrons. The number of allylic oxidation sites excluding steroid dienone is 1. The zero-order valence-corrected chi connectivity index (χ0v) is 39.5. The Morgan fingerprint density at radius 3 is 1.57 bits per heavy atom. The van der Waals surface area contributed by atoms with Gasteiger partial charge in [-0.1, -0.05) is 97.6 Å². The molecule has 1 saturated heterocycles. The van der Waals surface area contributed by atoms with E-state index < -0.39 is 30.4 Å². The zero-order valence-electron chi connectivity index (χ0n) is 37.1. The van der Waals surface area contributed by atoms with E-state index in [9.17, 15) is 35.5 Å². The highest BCUT2D eigenvalue weighted by Crippen LogP contribution is 2.60. The van der Waals surface area contributed by atoms with Crippen LogP contribution in [0.25, 0.3) is 0 Å². The maximum Gasteiger partial charge on any atom is 0.294 e. The summed E-state index contributed by atoms with van der Waals surface area (Å²) >= 11 is 0. The molecule has 4 aliphatic rings. The minimum absolute atomic E-state index is 0.0666. The fraction of sp³-hybridized carbons (Fsp3) is 0.458. The van der Waals surface area contributed by atoms with Crippen molar-refractivity contribution in [2.75, 3.05) is 6.54 Å². The first kappa shape index (κ1) is 50.2. The standard InChI is InChI=1S/C27H39NO2.3C7H8O3S/c1-15-11-25(30)26(28-14-15)17(3)20-7-8-21-22-6-5-18-12-19(29)9-10-27(18,4)24(22)13-23(21)16(20)2;3*1-6-2-4-7(5-3-6)11(8,9)10/h5,7-8,15,17,19,22,24-26,28-30H,6,9-14H2,1-4H3;3*2-5H,1H3,(H,8,9,10)/t15-,17-,19-,22-,24-,25+,26-,27-;;;/m0.../s1. The fourth-order valence-electron chi connectivity index (χ4n) is 9.62. The number of hydrogen-bond donors (Lipinski definition) is 6. The van der Waals surface area contributed by atoms with Gasteiger partial charge in [0.2, 0.25) is 0 Å². The highest BCUT2D eigenvalue weighted by Gasteiger charge is 2.50. The molecular weight excluding hydrogens is 863 g/mol. The van der Waals surface area contributed by atoms with E-state index in [4.69, 9.17) is 13.7 Å². The third-order valence-electron chi connectivity index (χ3n) is 13.4.